The van der Waals surface area contributed by atoms with Gasteiger partial charge >= 0.3 is 0 Å². The molecule has 17 heavy (non-hydrogen) atoms. The molecule has 0 amide bonds. The highest BCUT2D eigenvalue weighted by Crippen LogP contribution is 2.17. The summed E-state index contributed by atoms with van der Waals surface area (Å²) < 4.78 is 0. The van der Waals surface area contributed by atoms with E-state index in [4.69, 9.17) is 0 Å². The van der Waals surface area contributed by atoms with E-state index in [0.717, 1.165) is 6.42 Å². The van der Waals surface area contributed by atoms with Crippen LogP contribution in [0.25, 0.3) is 0 Å². The largest absolute Gasteiger partial charge is 0.370 e. The monoisotopic (exact) mass is 233 g/mol. The number of aliphatic imine (C=N–C) groups is 1. The van der Waals surface area contributed by atoms with Gasteiger partial charge in [-0.2, -0.15) is 0 Å². The van der Waals surface area contributed by atoms with E-state index >= 15 is 0 Å². The predicted octanol–water partition coefficient (Wildman–Crippen LogP) is 1.44. The van der Waals surface area contributed by atoms with E-state index in [1.54, 1.807) is 18.3 Å². The topological polar surface area (TPSA) is 47.9 Å². The first kappa shape index (κ1) is 12.1. The van der Waals surface area contributed by atoms with E-state index in [1.807, 2.05) is 0 Å². The molecule has 1 atom stereocenters. The third kappa shape index (κ3) is 3.05. The van der Waals surface area contributed by atoms with Gasteiger partial charge in [0.15, 0.2) is 0 Å². The van der Waals surface area contributed by atoms with Crippen molar-refractivity contribution in [1.29, 1.82) is 0 Å². The Hall–Kier alpha value is -1.39. The van der Waals surface area contributed by atoms with Crippen molar-refractivity contribution in [1.82, 2.24) is 10.4 Å². The molecule has 0 bridgehead atoms. The Morgan fingerprint density at radius 3 is 2.71 bits per heavy atom. The second kappa shape index (κ2) is 4.85. The van der Waals surface area contributed by atoms with Crippen molar-refractivity contribution in [2.24, 2.45) is 4.99 Å². The van der Waals surface area contributed by atoms with Gasteiger partial charge in [-0.05, 0) is 25.8 Å². The fraction of sp³-hybridized carbons (Fsp3) is 0.462. The van der Waals surface area contributed by atoms with Gasteiger partial charge in [0.25, 0.3) is 0 Å². The Morgan fingerprint density at radius 1 is 1.41 bits per heavy atom. The number of hydrazine groups is 1. The highest BCUT2D eigenvalue weighted by molar-refractivity contribution is 5.56. The molecule has 1 unspecified atom stereocenters. The van der Waals surface area contributed by atoms with Crippen molar-refractivity contribution in [3.63, 3.8) is 0 Å². The molecule has 0 saturated heterocycles. The summed E-state index contributed by atoms with van der Waals surface area (Å²) in [5.41, 5.74) is 4.61. The fourth-order valence-electron chi connectivity index (χ4n) is 1.83. The Morgan fingerprint density at radius 2 is 2.12 bits per heavy atom. The summed E-state index contributed by atoms with van der Waals surface area (Å²) in [5.74, 6) is 0. The Labute approximate surface area is 102 Å². The van der Waals surface area contributed by atoms with Crippen LogP contribution in [0.4, 0.5) is 0 Å². The summed E-state index contributed by atoms with van der Waals surface area (Å²) in [6, 6.07) is 8.41. The van der Waals surface area contributed by atoms with E-state index < -0.39 is 5.72 Å². The predicted molar refractivity (Wildman–Crippen MR) is 68.5 cm³/mol. The number of aliphatic hydroxyl groups is 1. The molecule has 0 fully saturated rings. The molecule has 1 aromatic rings. The van der Waals surface area contributed by atoms with Gasteiger partial charge in [0.1, 0.15) is 18.7 Å². The SMILES string of the molecule is Cc1ccc(CCC(C)(O)N2C=NCN2)cc1. The number of hydrogen-bond acceptors (Lipinski definition) is 4. The molecule has 4 heteroatoms. The third-order valence-electron chi connectivity index (χ3n) is 3.06. The van der Waals surface area contributed by atoms with Crippen LogP contribution in [0.2, 0.25) is 0 Å². The standard InChI is InChI=1S/C13H19N3O/c1-11-3-5-12(6-4-11)7-8-13(2,17)16-10-14-9-15-16/h3-6,10,15,17H,7-9H2,1-2H3. The van der Waals surface area contributed by atoms with Gasteiger partial charge in [0.05, 0.1) is 0 Å². The Kier molecular flexibility index (Phi) is 3.45. The zero-order valence-corrected chi connectivity index (χ0v) is 10.3. The van der Waals surface area contributed by atoms with Crippen molar-refractivity contribution in [2.45, 2.75) is 32.4 Å². The van der Waals surface area contributed by atoms with Crippen molar-refractivity contribution in [2.75, 3.05) is 6.67 Å². The first-order chi connectivity index (χ1) is 8.08. The lowest BCUT2D eigenvalue weighted by molar-refractivity contribution is -0.0750. The highest BCUT2D eigenvalue weighted by Gasteiger charge is 2.28. The van der Waals surface area contributed by atoms with E-state index in [0.29, 0.717) is 13.1 Å². The molecule has 92 valence electrons. The number of benzene rings is 1. The summed E-state index contributed by atoms with van der Waals surface area (Å²) in [5, 5.41) is 12.0. The first-order valence-corrected chi connectivity index (χ1v) is 5.89. The molecular weight excluding hydrogens is 214 g/mol. The highest BCUT2D eigenvalue weighted by atomic mass is 16.3. The minimum atomic E-state index is -0.898. The minimum Gasteiger partial charge on any atom is -0.370 e. The average Bonchev–Trinajstić information content (AvgIpc) is 2.82. The summed E-state index contributed by atoms with van der Waals surface area (Å²) in [4.78, 5) is 4.03. The maximum Gasteiger partial charge on any atom is 0.150 e. The average molecular weight is 233 g/mol. The molecule has 0 aromatic heterocycles. The van der Waals surface area contributed by atoms with Crippen LogP contribution in [-0.4, -0.2) is 28.8 Å². The summed E-state index contributed by atoms with van der Waals surface area (Å²) >= 11 is 0. The molecular formula is C13H19N3O. The second-order valence-corrected chi connectivity index (χ2v) is 4.69. The van der Waals surface area contributed by atoms with Crippen LogP contribution < -0.4 is 5.43 Å². The first-order valence-electron chi connectivity index (χ1n) is 5.89. The van der Waals surface area contributed by atoms with Crippen molar-refractivity contribution in [3.8, 4) is 0 Å². The van der Waals surface area contributed by atoms with Crippen LogP contribution in [0.1, 0.15) is 24.5 Å². The van der Waals surface area contributed by atoms with E-state index in [1.165, 1.54) is 11.1 Å². The second-order valence-electron chi connectivity index (χ2n) is 4.69. The third-order valence-corrected chi connectivity index (χ3v) is 3.06. The van der Waals surface area contributed by atoms with Gasteiger partial charge in [-0.15, -0.1) is 0 Å². The van der Waals surface area contributed by atoms with E-state index in [9.17, 15) is 5.11 Å². The molecule has 2 N–H and O–H groups in total. The number of nitrogens with one attached hydrogen (secondary N) is 1. The molecule has 0 spiro atoms. The number of hydrogen-bond donors (Lipinski definition) is 2. The van der Waals surface area contributed by atoms with Crippen molar-refractivity contribution < 1.29 is 5.11 Å². The molecule has 1 aliphatic heterocycles. The van der Waals surface area contributed by atoms with Crippen molar-refractivity contribution in [3.05, 3.63) is 35.4 Å². The van der Waals surface area contributed by atoms with Gasteiger partial charge in [-0.1, -0.05) is 29.8 Å². The summed E-state index contributed by atoms with van der Waals surface area (Å²) in [6.45, 7) is 4.41. The number of rotatable bonds is 4. The minimum absolute atomic E-state index is 0.542. The van der Waals surface area contributed by atoms with Crippen LogP contribution in [0.15, 0.2) is 29.3 Å². The zero-order chi connectivity index (χ0) is 12.3. The molecule has 0 aliphatic carbocycles. The van der Waals surface area contributed by atoms with Gasteiger partial charge in [-0.3, -0.25) is 10.0 Å². The smallest absolute Gasteiger partial charge is 0.150 e. The zero-order valence-electron chi connectivity index (χ0n) is 10.3. The van der Waals surface area contributed by atoms with Crippen LogP contribution in [0.5, 0.6) is 0 Å². The summed E-state index contributed by atoms with van der Waals surface area (Å²) in [6.07, 6.45) is 3.16. The van der Waals surface area contributed by atoms with Crippen LogP contribution in [-0.2, 0) is 6.42 Å². The van der Waals surface area contributed by atoms with Crippen molar-refractivity contribution >= 4 is 6.34 Å². The number of aryl methyl sites for hydroxylation is 2. The van der Waals surface area contributed by atoms with Gasteiger partial charge in [-0.25, -0.2) is 5.43 Å². The molecule has 1 aromatic carbocycles. The maximum atomic E-state index is 10.3. The molecule has 2 rings (SSSR count). The lowest BCUT2D eigenvalue weighted by atomic mass is 10.0. The Balaban J connectivity index is 1.92. The summed E-state index contributed by atoms with van der Waals surface area (Å²) in [7, 11) is 0. The molecule has 1 heterocycles. The molecule has 0 radical (unpaired) electrons. The quantitative estimate of drug-likeness (QED) is 0.827. The Bertz CT molecular complexity index is 398. The van der Waals surface area contributed by atoms with Gasteiger partial charge < -0.3 is 5.11 Å². The molecule has 1 aliphatic rings. The number of nitrogens with zero attached hydrogens (tertiary/aromatic N) is 2. The van der Waals surface area contributed by atoms with E-state index in [-0.39, 0.29) is 0 Å². The van der Waals surface area contributed by atoms with Crippen LogP contribution in [0.3, 0.4) is 0 Å². The maximum absolute atomic E-state index is 10.3. The van der Waals surface area contributed by atoms with Crippen LogP contribution in [0, 0.1) is 6.92 Å². The van der Waals surface area contributed by atoms with Gasteiger partial charge in [0, 0.05) is 6.42 Å². The normalized spacial score (nSPS) is 18.4. The molecule has 4 nitrogen and oxygen atoms in total. The van der Waals surface area contributed by atoms with Gasteiger partial charge in [0.2, 0.25) is 0 Å². The fourth-order valence-corrected chi connectivity index (χ4v) is 1.83. The lowest BCUT2D eigenvalue weighted by Crippen LogP contribution is -2.50. The van der Waals surface area contributed by atoms with Crippen LogP contribution >= 0.6 is 0 Å². The molecule has 0 saturated carbocycles. The van der Waals surface area contributed by atoms with E-state index in [2.05, 4.69) is 41.6 Å². The lowest BCUT2D eigenvalue weighted by Gasteiger charge is -2.32.